The van der Waals surface area contributed by atoms with Gasteiger partial charge in [-0.2, -0.15) is 0 Å². The van der Waals surface area contributed by atoms with E-state index in [-0.39, 0.29) is 48.2 Å². The number of Topliss-reactive ketones (excluding diaryl/α,β-unsaturated/α-hetero) is 1. The molecule has 42 heavy (non-hydrogen) atoms. The fraction of sp³-hybridized carbons (Fsp3) is 0.515. The number of nitrogens with one attached hydrogen (secondary N) is 1. The first-order chi connectivity index (χ1) is 20.2. The average Bonchev–Trinajstić information content (AvgIpc) is 2.96. The number of nitrogens with two attached hydrogens (primary N) is 1. The molecule has 2 aromatic rings. The summed E-state index contributed by atoms with van der Waals surface area (Å²) in [6.45, 7) is 5.98. The van der Waals surface area contributed by atoms with Crippen molar-refractivity contribution in [1.82, 2.24) is 5.32 Å². The van der Waals surface area contributed by atoms with Gasteiger partial charge in [-0.05, 0) is 61.1 Å². The molecule has 1 aliphatic carbocycles. The number of ketones is 1. The molecule has 2 atom stereocenters. The zero-order valence-corrected chi connectivity index (χ0v) is 24.8. The van der Waals surface area contributed by atoms with Crippen molar-refractivity contribution in [1.29, 1.82) is 0 Å². The molecule has 6 N–H and O–H groups in total. The lowest BCUT2D eigenvalue weighted by molar-refractivity contribution is -0.121. The van der Waals surface area contributed by atoms with Gasteiger partial charge in [-0.15, -0.1) is 0 Å². The Kier molecular flexibility index (Phi) is 10.6. The second-order valence-electron chi connectivity index (χ2n) is 11.6. The van der Waals surface area contributed by atoms with Crippen LogP contribution in [0.15, 0.2) is 23.2 Å². The third-order valence-corrected chi connectivity index (χ3v) is 7.77. The summed E-state index contributed by atoms with van der Waals surface area (Å²) in [4.78, 5) is 17.1. The SMILES string of the molecule is COc1c(O)ccc2c1C#CCc1cc(c3c(c1O)OC[C@H](CCNC(N)=NCC(C)C)C3)CC[C@@H](O)CC(=O)CC2. The molecule has 9 nitrogen and oxygen atoms in total. The van der Waals surface area contributed by atoms with Gasteiger partial charge in [0.05, 0.1) is 25.4 Å². The minimum atomic E-state index is -0.779. The number of carbonyl (C=O) groups excluding carboxylic acids is 1. The number of hydrogen-bond acceptors (Lipinski definition) is 7. The molecule has 0 radical (unpaired) electrons. The number of aliphatic hydroxyl groups excluding tert-OH is 1. The van der Waals surface area contributed by atoms with Crippen LogP contribution in [0.2, 0.25) is 0 Å². The molecule has 4 rings (SSSR count). The van der Waals surface area contributed by atoms with Crippen molar-refractivity contribution in [3.63, 3.8) is 0 Å². The third kappa shape index (κ3) is 7.89. The van der Waals surface area contributed by atoms with Crippen molar-refractivity contribution in [2.45, 2.75) is 71.3 Å². The van der Waals surface area contributed by atoms with E-state index in [2.05, 4.69) is 36.0 Å². The molecule has 0 fully saturated rings. The van der Waals surface area contributed by atoms with Crippen LogP contribution in [-0.4, -0.2) is 60.0 Å². The zero-order chi connectivity index (χ0) is 30.2. The number of aromatic hydroxyl groups is 2. The Morgan fingerprint density at radius 1 is 1.19 bits per heavy atom. The highest BCUT2D eigenvalue weighted by Crippen LogP contribution is 2.42. The Hall–Kier alpha value is -3.90. The smallest absolute Gasteiger partial charge is 0.188 e. The average molecular weight is 578 g/mol. The number of methoxy groups -OCH3 is 1. The van der Waals surface area contributed by atoms with Crippen LogP contribution in [0.3, 0.4) is 0 Å². The minimum absolute atomic E-state index is 0.0344. The van der Waals surface area contributed by atoms with Crippen LogP contribution in [0, 0.1) is 23.7 Å². The molecule has 226 valence electrons. The summed E-state index contributed by atoms with van der Waals surface area (Å²) < 4.78 is 11.6. The number of carbonyl (C=O) groups is 1. The predicted octanol–water partition coefficient (Wildman–Crippen LogP) is 3.40. The summed E-state index contributed by atoms with van der Waals surface area (Å²) in [7, 11) is 1.46. The van der Waals surface area contributed by atoms with Gasteiger partial charge in [0, 0.05) is 43.5 Å². The lowest BCUT2D eigenvalue weighted by Crippen LogP contribution is -2.35. The predicted molar refractivity (Wildman–Crippen MR) is 162 cm³/mol. The summed E-state index contributed by atoms with van der Waals surface area (Å²) in [6.07, 6.45) is 2.69. The van der Waals surface area contributed by atoms with Crippen molar-refractivity contribution >= 4 is 11.7 Å². The molecule has 2 bridgehead atoms. The van der Waals surface area contributed by atoms with Crippen molar-refractivity contribution in [3.05, 3.63) is 46.0 Å². The standard InChI is InChI=1S/C33H43N3O6/c1-20(2)18-36-33(34)35-14-13-21-15-28-23-8-11-26(38)17-25(37)10-7-22-9-12-29(39)31(41-3)27(22)6-4-5-24(16-23)30(40)32(28)42-19-21/h9,12,16,20-21,26,38-40H,5,7-8,10-11,13-15,17-19H2,1-3H3,(H3,34,35,36)/t21-,26-/m1/s1. The molecule has 0 saturated heterocycles. The van der Waals surface area contributed by atoms with E-state index in [1.54, 1.807) is 6.07 Å². The second-order valence-corrected chi connectivity index (χ2v) is 11.6. The molecule has 2 aromatic carbocycles. The van der Waals surface area contributed by atoms with E-state index in [0.717, 1.165) is 23.1 Å². The van der Waals surface area contributed by atoms with E-state index in [1.165, 1.54) is 13.2 Å². The van der Waals surface area contributed by atoms with Gasteiger partial charge in [-0.1, -0.05) is 37.8 Å². The number of rotatable bonds is 6. The Morgan fingerprint density at radius 2 is 2.00 bits per heavy atom. The fourth-order valence-corrected chi connectivity index (χ4v) is 5.47. The normalized spacial score (nSPS) is 19.4. The maximum atomic E-state index is 12.7. The van der Waals surface area contributed by atoms with Gasteiger partial charge < -0.3 is 35.8 Å². The van der Waals surface area contributed by atoms with Crippen LogP contribution in [0.1, 0.15) is 67.3 Å². The summed E-state index contributed by atoms with van der Waals surface area (Å²) in [6, 6.07) is 5.22. The van der Waals surface area contributed by atoms with Gasteiger partial charge in [0.2, 0.25) is 0 Å². The van der Waals surface area contributed by atoms with E-state index in [4.69, 9.17) is 15.2 Å². The maximum absolute atomic E-state index is 12.7. The van der Waals surface area contributed by atoms with E-state index < -0.39 is 6.10 Å². The fourth-order valence-electron chi connectivity index (χ4n) is 5.47. The van der Waals surface area contributed by atoms with Crippen molar-refractivity contribution in [3.8, 4) is 34.8 Å². The van der Waals surface area contributed by atoms with Crippen LogP contribution in [0.4, 0.5) is 0 Å². The number of guanidine groups is 1. The first-order valence-corrected chi connectivity index (χ1v) is 14.8. The molecule has 1 heterocycles. The van der Waals surface area contributed by atoms with Gasteiger partial charge in [0.15, 0.2) is 29.0 Å². The number of fused-ring (bicyclic) bond motifs is 5. The largest absolute Gasteiger partial charge is 0.504 e. The Morgan fingerprint density at radius 3 is 2.76 bits per heavy atom. The molecule has 0 aromatic heterocycles. The van der Waals surface area contributed by atoms with E-state index >= 15 is 0 Å². The minimum Gasteiger partial charge on any atom is -0.504 e. The first kappa shape index (κ1) is 31.0. The molecular weight excluding hydrogens is 534 g/mol. The number of nitrogens with zero attached hydrogens (tertiary/aromatic N) is 1. The van der Waals surface area contributed by atoms with Crippen LogP contribution in [0.25, 0.3) is 0 Å². The number of hydrogen-bond donors (Lipinski definition) is 5. The number of ether oxygens (including phenoxy) is 2. The monoisotopic (exact) mass is 577 g/mol. The third-order valence-electron chi connectivity index (χ3n) is 7.77. The number of aryl methyl sites for hydroxylation is 2. The van der Waals surface area contributed by atoms with Crippen molar-refractivity contribution in [2.75, 3.05) is 26.8 Å². The summed E-state index contributed by atoms with van der Waals surface area (Å²) in [5.74, 6) is 8.06. The Balaban J connectivity index is 1.61. The molecule has 9 heteroatoms. The molecule has 1 aliphatic heterocycles. The molecule has 0 spiro atoms. The highest BCUT2D eigenvalue weighted by molar-refractivity contribution is 5.79. The van der Waals surface area contributed by atoms with Crippen molar-refractivity contribution < 1.29 is 29.6 Å². The number of aliphatic hydroxyl groups is 1. The topological polar surface area (TPSA) is 147 Å². The number of aliphatic imine (C=N–C) groups is 1. The highest BCUT2D eigenvalue weighted by atomic mass is 16.5. The summed E-state index contributed by atoms with van der Waals surface area (Å²) in [5.41, 5.74) is 9.82. The summed E-state index contributed by atoms with van der Waals surface area (Å²) in [5, 5.41) is 35.5. The van der Waals surface area contributed by atoms with Gasteiger partial charge in [-0.25, -0.2) is 0 Å². The maximum Gasteiger partial charge on any atom is 0.188 e. The lowest BCUT2D eigenvalue weighted by Gasteiger charge is -2.29. The molecule has 0 unspecified atom stereocenters. The molecule has 2 aliphatic rings. The lowest BCUT2D eigenvalue weighted by atomic mass is 9.86. The summed E-state index contributed by atoms with van der Waals surface area (Å²) >= 11 is 0. The van der Waals surface area contributed by atoms with Crippen LogP contribution < -0.4 is 20.5 Å². The number of phenolic OH excluding ortho intramolecular Hbond substituents is 2. The van der Waals surface area contributed by atoms with Gasteiger partial charge in [-0.3, -0.25) is 9.79 Å². The number of phenols is 2. The van der Waals surface area contributed by atoms with Gasteiger partial charge in [0.25, 0.3) is 0 Å². The Labute approximate surface area is 248 Å². The van der Waals surface area contributed by atoms with Crippen LogP contribution in [0.5, 0.6) is 23.0 Å². The van der Waals surface area contributed by atoms with Gasteiger partial charge in [0.1, 0.15) is 5.78 Å². The Bertz CT molecular complexity index is 1370. The van der Waals surface area contributed by atoms with Crippen molar-refractivity contribution in [2.24, 2.45) is 22.6 Å². The molecule has 0 amide bonds. The zero-order valence-electron chi connectivity index (χ0n) is 24.8. The van der Waals surface area contributed by atoms with E-state index in [9.17, 15) is 20.1 Å². The first-order valence-electron chi connectivity index (χ1n) is 14.8. The molecular formula is C33H43N3O6. The van der Waals surface area contributed by atoms with Crippen LogP contribution >= 0.6 is 0 Å². The van der Waals surface area contributed by atoms with Crippen LogP contribution in [-0.2, 0) is 30.5 Å². The van der Waals surface area contributed by atoms with Gasteiger partial charge >= 0.3 is 0 Å². The van der Waals surface area contributed by atoms with E-state index in [1.807, 2.05) is 6.07 Å². The van der Waals surface area contributed by atoms with E-state index in [0.29, 0.717) is 74.1 Å². The molecule has 0 saturated carbocycles. The quantitative estimate of drug-likeness (QED) is 0.199. The number of benzene rings is 2. The highest BCUT2D eigenvalue weighted by Gasteiger charge is 2.27. The second kappa shape index (κ2) is 14.3.